The Hall–Kier alpha value is -0.710. The number of ketones is 1. The minimum Gasteiger partial charge on any atom is -0.360 e. The zero-order valence-corrected chi connectivity index (χ0v) is 10.6. The molecule has 1 spiro atoms. The van der Waals surface area contributed by atoms with Gasteiger partial charge in [-0.15, -0.1) is 0 Å². The van der Waals surface area contributed by atoms with Crippen LogP contribution in [0.2, 0.25) is 0 Å². The van der Waals surface area contributed by atoms with Crippen molar-refractivity contribution in [1.82, 2.24) is 0 Å². The molecule has 2 saturated carbocycles. The monoisotopic (exact) mass is 252 g/mol. The van der Waals surface area contributed by atoms with E-state index in [4.69, 9.17) is 9.78 Å². The van der Waals surface area contributed by atoms with Gasteiger partial charge in [-0.05, 0) is 31.8 Å². The van der Waals surface area contributed by atoms with Gasteiger partial charge in [-0.25, -0.2) is 4.89 Å². The minimum absolute atomic E-state index is 0.0169. The Morgan fingerprint density at radius 3 is 2.50 bits per heavy atom. The van der Waals surface area contributed by atoms with Crippen molar-refractivity contribution >= 4 is 5.78 Å². The molecule has 3 rings (SSSR count). The summed E-state index contributed by atoms with van der Waals surface area (Å²) in [6, 6.07) is 0. The van der Waals surface area contributed by atoms with E-state index in [1.807, 2.05) is 6.08 Å². The van der Waals surface area contributed by atoms with Gasteiger partial charge in [-0.1, -0.05) is 19.3 Å². The second kappa shape index (κ2) is 4.44. The predicted octanol–water partition coefficient (Wildman–Crippen LogP) is 2.41. The lowest BCUT2D eigenvalue weighted by atomic mass is 9.81. The van der Waals surface area contributed by atoms with Crippen LogP contribution >= 0.6 is 0 Å². The number of carbonyl (C=O) groups is 1. The van der Waals surface area contributed by atoms with E-state index in [2.05, 4.69) is 0 Å². The zero-order chi connectivity index (χ0) is 12.6. The Bertz CT molecular complexity index is 381. The molecular weight excluding hydrogens is 232 g/mol. The molecule has 0 bridgehead atoms. The van der Waals surface area contributed by atoms with E-state index in [1.165, 1.54) is 6.42 Å². The van der Waals surface area contributed by atoms with Gasteiger partial charge in [0.2, 0.25) is 5.79 Å². The highest BCUT2D eigenvalue weighted by Gasteiger charge is 2.48. The van der Waals surface area contributed by atoms with E-state index < -0.39 is 11.4 Å². The number of hydrogen-bond acceptors (Lipinski definition) is 4. The number of fused-ring (bicyclic) bond motifs is 1. The molecule has 18 heavy (non-hydrogen) atoms. The second-order valence-electron chi connectivity index (χ2n) is 5.76. The van der Waals surface area contributed by atoms with Crippen LogP contribution in [-0.2, 0) is 14.6 Å². The average Bonchev–Trinajstić information content (AvgIpc) is 2.52. The molecule has 0 aromatic heterocycles. The summed E-state index contributed by atoms with van der Waals surface area (Å²) in [5.41, 5.74) is -0.0343. The highest BCUT2D eigenvalue weighted by molar-refractivity contribution is 5.97. The van der Waals surface area contributed by atoms with E-state index in [-0.39, 0.29) is 5.78 Å². The lowest BCUT2D eigenvalue weighted by Gasteiger charge is -2.42. The molecule has 1 heterocycles. The van der Waals surface area contributed by atoms with Crippen LogP contribution in [0.15, 0.2) is 11.6 Å². The molecule has 1 atom stereocenters. The van der Waals surface area contributed by atoms with Crippen LogP contribution in [0.4, 0.5) is 0 Å². The molecule has 4 nitrogen and oxygen atoms in total. The number of rotatable bonds is 0. The van der Waals surface area contributed by atoms with Gasteiger partial charge in [0.1, 0.15) is 5.60 Å². The van der Waals surface area contributed by atoms with Crippen molar-refractivity contribution in [2.45, 2.75) is 69.2 Å². The Balaban J connectivity index is 1.96. The largest absolute Gasteiger partial charge is 0.360 e. The van der Waals surface area contributed by atoms with Crippen LogP contribution < -0.4 is 0 Å². The molecule has 0 aromatic rings. The van der Waals surface area contributed by atoms with E-state index in [1.54, 1.807) is 0 Å². The van der Waals surface area contributed by atoms with Gasteiger partial charge in [0.05, 0.1) is 5.57 Å². The Labute approximate surface area is 107 Å². The summed E-state index contributed by atoms with van der Waals surface area (Å²) >= 11 is 0. The van der Waals surface area contributed by atoms with Crippen molar-refractivity contribution in [3.8, 4) is 0 Å². The molecule has 4 heteroatoms. The van der Waals surface area contributed by atoms with Gasteiger partial charge in [0.15, 0.2) is 5.78 Å². The van der Waals surface area contributed by atoms with Gasteiger partial charge in [-0.3, -0.25) is 4.79 Å². The van der Waals surface area contributed by atoms with Crippen molar-refractivity contribution in [3.05, 3.63) is 11.6 Å². The van der Waals surface area contributed by atoms with Gasteiger partial charge in [0, 0.05) is 12.8 Å². The van der Waals surface area contributed by atoms with Crippen molar-refractivity contribution in [3.63, 3.8) is 0 Å². The van der Waals surface area contributed by atoms with Crippen LogP contribution in [0, 0.1) is 0 Å². The topological polar surface area (TPSA) is 55.8 Å². The third kappa shape index (κ3) is 2.02. The Morgan fingerprint density at radius 2 is 1.72 bits per heavy atom. The lowest BCUT2D eigenvalue weighted by Crippen LogP contribution is -2.48. The van der Waals surface area contributed by atoms with Crippen molar-refractivity contribution < 1.29 is 19.7 Å². The minimum atomic E-state index is -1.50. The maximum absolute atomic E-state index is 12.1. The quantitative estimate of drug-likeness (QED) is 0.673. The smallest absolute Gasteiger partial charge is 0.228 e. The van der Waals surface area contributed by atoms with E-state index in [9.17, 15) is 9.90 Å². The summed E-state index contributed by atoms with van der Waals surface area (Å²) in [6.07, 6.45) is 9.54. The highest BCUT2D eigenvalue weighted by Crippen LogP contribution is 2.43. The summed E-state index contributed by atoms with van der Waals surface area (Å²) in [7, 11) is 0. The SMILES string of the molecule is O=C1CCCCC2(O)OOC3(C=C12)CCCCC3. The van der Waals surface area contributed by atoms with Gasteiger partial charge >= 0.3 is 0 Å². The van der Waals surface area contributed by atoms with Crippen LogP contribution in [-0.4, -0.2) is 22.3 Å². The molecule has 1 aliphatic heterocycles. The predicted molar refractivity (Wildman–Crippen MR) is 64.5 cm³/mol. The number of hydrogen-bond donors (Lipinski definition) is 1. The summed E-state index contributed by atoms with van der Waals surface area (Å²) in [5.74, 6) is -1.49. The van der Waals surface area contributed by atoms with Gasteiger partial charge < -0.3 is 5.11 Å². The third-order valence-corrected chi connectivity index (χ3v) is 4.34. The summed E-state index contributed by atoms with van der Waals surface area (Å²) in [5, 5.41) is 10.4. The highest BCUT2D eigenvalue weighted by atomic mass is 17.2. The zero-order valence-electron chi connectivity index (χ0n) is 10.6. The molecule has 100 valence electrons. The van der Waals surface area contributed by atoms with Gasteiger partial charge in [0.25, 0.3) is 0 Å². The molecule has 1 unspecified atom stereocenters. The molecule has 1 N–H and O–H groups in total. The molecule has 2 fully saturated rings. The molecule has 2 aliphatic carbocycles. The van der Waals surface area contributed by atoms with Crippen LogP contribution in [0.25, 0.3) is 0 Å². The maximum Gasteiger partial charge on any atom is 0.228 e. The van der Waals surface area contributed by atoms with Crippen molar-refractivity contribution in [2.75, 3.05) is 0 Å². The third-order valence-electron chi connectivity index (χ3n) is 4.34. The first-order valence-electron chi connectivity index (χ1n) is 6.99. The fourth-order valence-corrected chi connectivity index (χ4v) is 3.23. The van der Waals surface area contributed by atoms with Crippen molar-refractivity contribution in [2.24, 2.45) is 0 Å². The second-order valence-corrected chi connectivity index (χ2v) is 5.76. The Morgan fingerprint density at radius 1 is 1.00 bits per heavy atom. The summed E-state index contributed by atoms with van der Waals surface area (Å²) in [4.78, 5) is 22.9. The molecule has 0 aromatic carbocycles. The summed E-state index contributed by atoms with van der Waals surface area (Å²) in [6.45, 7) is 0. The number of carbonyl (C=O) groups excluding carboxylic acids is 1. The standard InChI is InChI=1S/C14H20O4/c15-12-6-2-5-9-14(16)11(12)10-13(17-18-14)7-3-1-4-8-13/h10,16H,1-9H2. The fourth-order valence-electron chi connectivity index (χ4n) is 3.23. The molecule has 0 amide bonds. The number of Topliss-reactive ketones (excluding diaryl/α,β-unsaturated/α-hetero) is 1. The molecular formula is C14H20O4. The van der Waals surface area contributed by atoms with E-state index in [0.29, 0.717) is 18.4 Å². The normalized spacial score (nSPS) is 35.8. The van der Waals surface area contributed by atoms with Crippen LogP contribution in [0.1, 0.15) is 57.8 Å². The van der Waals surface area contributed by atoms with Crippen LogP contribution in [0.3, 0.4) is 0 Å². The van der Waals surface area contributed by atoms with E-state index >= 15 is 0 Å². The average molecular weight is 252 g/mol. The van der Waals surface area contributed by atoms with Crippen molar-refractivity contribution in [1.29, 1.82) is 0 Å². The first kappa shape index (κ1) is 12.3. The first-order chi connectivity index (χ1) is 8.64. The maximum atomic E-state index is 12.1. The Kier molecular flexibility index (Phi) is 3.04. The lowest BCUT2D eigenvalue weighted by molar-refractivity contribution is -0.452. The van der Waals surface area contributed by atoms with Gasteiger partial charge in [-0.2, -0.15) is 4.89 Å². The first-order valence-corrected chi connectivity index (χ1v) is 6.99. The fraction of sp³-hybridized carbons (Fsp3) is 0.786. The van der Waals surface area contributed by atoms with Crippen LogP contribution in [0.5, 0.6) is 0 Å². The number of aliphatic hydroxyl groups is 1. The summed E-state index contributed by atoms with van der Waals surface area (Å²) < 4.78 is 0. The molecule has 0 radical (unpaired) electrons. The van der Waals surface area contributed by atoms with E-state index in [0.717, 1.165) is 38.5 Å². The molecule has 0 saturated heterocycles. The molecule has 3 aliphatic rings.